The number of halogens is 1. The first-order valence-corrected chi connectivity index (χ1v) is 11.1. The van der Waals surface area contributed by atoms with Crippen molar-refractivity contribution < 1.29 is 17.9 Å². The van der Waals surface area contributed by atoms with Gasteiger partial charge in [0.1, 0.15) is 11.8 Å². The number of sulfonamides is 1. The number of benzene rings is 2. The molecular formula is C21H27ClN2O4S. The topological polar surface area (TPSA) is 84.5 Å². The summed E-state index contributed by atoms with van der Waals surface area (Å²) in [5, 5.41) is 3.20. The van der Waals surface area contributed by atoms with Gasteiger partial charge in [-0.25, -0.2) is 8.42 Å². The van der Waals surface area contributed by atoms with Crippen LogP contribution in [0, 0.1) is 12.8 Å². The predicted octanol–water partition coefficient (Wildman–Crippen LogP) is 3.84. The summed E-state index contributed by atoms with van der Waals surface area (Å²) in [7, 11) is -2.34. The fourth-order valence-electron chi connectivity index (χ4n) is 2.93. The summed E-state index contributed by atoms with van der Waals surface area (Å²) in [6, 6.07) is 10.3. The smallest absolute Gasteiger partial charge is 0.241 e. The minimum Gasteiger partial charge on any atom is -0.496 e. The number of aryl methyl sites for hydroxylation is 1. The monoisotopic (exact) mass is 438 g/mol. The van der Waals surface area contributed by atoms with Gasteiger partial charge in [-0.05, 0) is 44.0 Å². The molecule has 1 amide bonds. The Hall–Kier alpha value is -2.09. The summed E-state index contributed by atoms with van der Waals surface area (Å²) < 4.78 is 33.4. The molecule has 6 nitrogen and oxygen atoms in total. The lowest BCUT2D eigenvalue weighted by molar-refractivity contribution is -0.124. The van der Waals surface area contributed by atoms with Gasteiger partial charge in [-0.15, -0.1) is 0 Å². The minimum atomic E-state index is -3.91. The summed E-state index contributed by atoms with van der Waals surface area (Å²) >= 11 is 5.91. The van der Waals surface area contributed by atoms with Crippen LogP contribution in [0.3, 0.4) is 0 Å². The van der Waals surface area contributed by atoms with E-state index in [-0.39, 0.29) is 16.9 Å². The standard InChI is InChI=1S/C21H27ClN2O4S/c1-13(2)20(24-29(26,27)17-8-6-7-16(22)12-17)21(25)23-15(4)18-11-14(3)9-10-19(18)28-5/h6-13,15,20,24H,1-5H3,(H,23,25)/t15-,20-/m0/s1. The van der Waals surface area contributed by atoms with Crippen LogP contribution in [0.25, 0.3) is 0 Å². The van der Waals surface area contributed by atoms with Crippen molar-refractivity contribution in [2.45, 2.75) is 44.7 Å². The van der Waals surface area contributed by atoms with Gasteiger partial charge in [0.05, 0.1) is 18.0 Å². The van der Waals surface area contributed by atoms with Gasteiger partial charge in [0, 0.05) is 10.6 Å². The van der Waals surface area contributed by atoms with Crippen LogP contribution < -0.4 is 14.8 Å². The number of hydrogen-bond donors (Lipinski definition) is 2. The summed E-state index contributed by atoms with van der Waals surface area (Å²) in [6.45, 7) is 7.34. The second kappa shape index (κ2) is 9.61. The lowest BCUT2D eigenvalue weighted by atomic mass is 10.0. The van der Waals surface area contributed by atoms with Crippen LogP contribution >= 0.6 is 11.6 Å². The molecule has 0 saturated heterocycles. The van der Waals surface area contributed by atoms with Gasteiger partial charge in [0.15, 0.2) is 0 Å². The first-order chi connectivity index (χ1) is 13.5. The SMILES string of the molecule is COc1ccc(C)cc1[C@H](C)NC(=O)[C@@H](NS(=O)(=O)c1cccc(Cl)c1)C(C)C. The largest absolute Gasteiger partial charge is 0.496 e. The van der Waals surface area contributed by atoms with Gasteiger partial charge in [-0.1, -0.05) is 49.2 Å². The highest BCUT2D eigenvalue weighted by Gasteiger charge is 2.29. The van der Waals surface area contributed by atoms with Gasteiger partial charge < -0.3 is 10.1 Å². The molecule has 158 valence electrons. The molecule has 2 N–H and O–H groups in total. The molecule has 0 radical (unpaired) electrons. The van der Waals surface area contributed by atoms with Crippen molar-refractivity contribution >= 4 is 27.5 Å². The first-order valence-electron chi connectivity index (χ1n) is 9.28. The molecule has 0 heterocycles. The zero-order chi connectivity index (χ0) is 21.8. The van der Waals surface area contributed by atoms with Gasteiger partial charge in [-0.2, -0.15) is 4.72 Å². The second-order valence-electron chi connectivity index (χ2n) is 7.28. The average Bonchev–Trinajstić information content (AvgIpc) is 2.65. The van der Waals surface area contributed by atoms with E-state index in [0.29, 0.717) is 10.8 Å². The Bertz CT molecular complexity index is 976. The summed E-state index contributed by atoms with van der Waals surface area (Å²) in [6.07, 6.45) is 0. The number of carbonyl (C=O) groups excluding carboxylic acids is 1. The molecule has 2 aromatic carbocycles. The Morgan fingerprint density at radius 1 is 1.10 bits per heavy atom. The van der Waals surface area contributed by atoms with Gasteiger partial charge in [0.2, 0.25) is 15.9 Å². The number of rotatable bonds is 8. The summed E-state index contributed by atoms with van der Waals surface area (Å²) in [5.74, 6) is -0.0266. The summed E-state index contributed by atoms with van der Waals surface area (Å²) in [4.78, 5) is 12.9. The fraction of sp³-hybridized carbons (Fsp3) is 0.381. The molecule has 0 bridgehead atoms. The van der Waals surface area contributed by atoms with Crippen LogP contribution in [0.2, 0.25) is 5.02 Å². The Morgan fingerprint density at radius 2 is 1.79 bits per heavy atom. The first kappa shape index (κ1) is 23.2. The lowest BCUT2D eigenvalue weighted by Crippen LogP contribution is -2.50. The molecule has 0 saturated carbocycles. The predicted molar refractivity (Wildman–Crippen MR) is 115 cm³/mol. The van der Waals surface area contributed by atoms with Crippen LogP contribution in [0.5, 0.6) is 5.75 Å². The third-order valence-electron chi connectivity index (χ3n) is 4.55. The van der Waals surface area contributed by atoms with Crippen LogP contribution in [-0.2, 0) is 14.8 Å². The molecule has 0 aliphatic heterocycles. The number of nitrogens with one attached hydrogen (secondary N) is 2. The minimum absolute atomic E-state index is 0.0110. The third-order valence-corrected chi connectivity index (χ3v) is 6.22. The van der Waals surface area contributed by atoms with E-state index in [4.69, 9.17) is 16.3 Å². The molecule has 2 atom stereocenters. The van der Waals surface area contributed by atoms with E-state index in [1.54, 1.807) is 33.1 Å². The van der Waals surface area contributed by atoms with E-state index < -0.39 is 22.0 Å². The molecule has 29 heavy (non-hydrogen) atoms. The van der Waals surface area contributed by atoms with Gasteiger partial charge in [0.25, 0.3) is 0 Å². The van der Waals surface area contributed by atoms with Crippen LogP contribution in [0.1, 0.15) is 37.9 Å². The van der Waals surface area contributed by atoms with Gasteiger partial charge in [-0.3, -0.25) is 4.79 Å². The van der Waals surface area contributed by atoms with Crippen molar-refractivity contribution in [2.75, 3.05) is 7.11 Å². The molecule has 2 rings (SSSR count). The number of carbonyl (C=O) groups is 1. The Kier molecular flexibility index (Phi) is 7.68. The van der Waals surface area contributed by atoms with Crippen LogP contribution in [0.4, 0.5) is 0 Å². The Labute approximate surface area is 177 Å². The number of ether oxygens (including phenoxy) is 1. The Morgan fingerprint density at radius 3 is 2.38 bits per heavy atom. The van der Waals surface area contributed by atoms with Crippen molar-refractivity contribution in [2.24, 2.45) is 5.92 Å². The van der Waals surface area contributed by atoms with Crippen LogP contribution in [0.15, 0.2) is 47.4 Å². The van der Waals surface area contributed by atoms with Crippen LogP contribution in [-0.4, -0.2) is 27.5 Å². The highest BCUT2D eigenvalue weighted by Crippen LogP contribution is 2.26. The molecule has 8 heteroatoms. The second-order valence-corrected chi connectivity index (χ2v) is 9.43. The maximum Gasteiger partial charge on any atom is 0.241 e. The highest BCUT2D eigenvalue weighted by molar-refractivity contribution is 7.89. The quantitative estimate of drug-likeness (QED) is 0.655. The van der Waals surface area contributed by atoms with Crippen molar-refractivity contribution in [1.82, 2.24) is 10.0 Å². The molecule has 0 aliphatic rings. The summed E-state index contributed by atoms with van der Waals surface area (Å²) in [5.41, 5.74) is 1.85. The van der Waals surface area contributed by atoms with E-state index in [1.807, 2.05) is 32.0 Å². The van der Waals surface area contributed by atoms with E-state index >= 15 is 0 Å². The van der Waals surface area contributed by atoms with E-state index in [1.165, 1.54) is 12.1 Å². The zero-order valence-corrected chi connectivity index (χ0v) is 18.8. The normalized spacial score (nSPS) is 13.8. The van der Waals surface area contributed by atoms with E-state index in [9.17, 15) is 13.2 Å². The number of amides is 1. The zero-order valence-electron chi connectivity index (χ0n) is 17.2. The molecule has 0 unspecified atom stereocenters. The Balaban J connectivity index is 2.23. The van der Waals surface area contributed by atoms with E-state index in [2.05, 4.69) is 10.0 Å². The van der Waals surface area contributed by atoms with Crippen molar-refractivity contribution in [3.63, 3.8) is 0 Å². The lowest BCUT2D eigenvalue weighted by Gasteiger charge is -2.25. The maximum absolute atomic E-state index is 12.9. The van der Waals surface area contributed by atoms with Crippen molar-refractivity contribution in [3.8, 4) is 5.75 Å². The molecular weight excluding hydrogens is 412 g/mol. The van der Waals surface area contributed by atoms with Crippen molar-refractivity contribution in [3.05, 3.63) is 58.6 Å². The fourth-order valence-corrected chi connectivity index (χ4v) is 4.58. The number of hydrogen-bond acceptors (Lipinski definition) is 4. The molecule has 0 fully saturated rings. The highest BCUT2D eigenvalue weighted by atomic mass is 35.5. The molecule has 2 aromatic rings. The maximum atomic E-state index is 12.9. The third kappa shape index (κ3) is 5.95. The van der Waals surface area contributed by atoms with Crippen molar-refractivity contribution in [1.29, 1.82) is 0 Å². The average molecular weight is 439 g/mol. The molecule has 0 aliphatic carbocycles. The van der Waals surface area contributed by atoms with Gasteiger partial charge >= 0.3 is 0 Å². The molecule has 0 aromatic heterocycles. The number of methoxy groups -OCH3 is 1. The molecule has 0 spiro atoms. The van der Waals surface area contributed by atoms with E-state index in [0.717, 1.165) is 11.1 Å².